The van der Waals surface area contributed by atoms with Crippen LogP contribution in [0, 0.1) is 0 Å². The highest BCUT2D eigenvalue weighted by atomic mass is 35.5. The first-order valence-electron chi connectivity index (χ1n) is 11.9. The summed E-state index contributed by atoms with van der Waals surface area (Å²) in [5, 5.41) is 3.50. The molecule has 0 aliphatic heterocycles. The zero-order chi connectivity index (χ0) is 28.7. The smallest absolute Gasteiger partial charge is 0.264 e. The predicted octanol–water partition coefficient (Wildman–Crippen LogP) is 5.40. The lowest BCUT2D eigenvalue weighted by atomic mass is 10.1. The number of hydrogen-bond acceptors (Lipinski definition) is 5. The van der Waals surface area contributed by atoms with Crippen LogP contribution in [0.5, 0.6) is 5.75 Å². The lowest BCUT2D eigenvalue weighted by Crippen LogP contribution is -2.51. The second-order valence-electron chi connectivity index (χ2n) is 8.48. The monoisotopic (exact) mass is 611 g/mol. The van der Waals surface area contributed by atoms with Crippen molar-refractivity contribution in [3.63, 3.8) is 0 Å². The fourth-order valence-corrected chi connectivity index (χ4v) is 5.87. The molecule has 0 heterocycles. The summed E-state index contributed by atoms with van der Waals surface area (Å²) in [6.45, 7) is 1.16. The van der Waals surface area contributed by atoms with E-state index < -0.39 is 34.4 Å². The van der Waals surface area contributed by atoms with Gasteiger partial charge < -0.3 is 15.0 Å². The molecule has 12 heteroatoms. The van der Waals surface area contributed by atoms with Gasteiger partial charge in [0.05, 0.1) is 27.7 Å². The number of anilines is 1. The largest absolute Gasteiger partial charge is 0.497 e. The molecule has 39 heavy (non-hydrogen) atoms. The van der Waals surface area contributed by atoms with Crippen molar-refractivity contribution in [2.24, 2.45) is 0 Å². The second kappa shape index (κ2) is 13.4. The Bertz CT molecular complexity index is 1430. The van der Waals surface area contributed by atoms with Gasteiger partial charge >= 0.3 is 0 Å². The normalized spacial score (nSPS) is 11.9. The van der Waals surface area contributed by atoms with E-state index in [1.807, 2.05) is 0 Å². The lowest BCUT2D eigenvalue weighted by Gasteiger charge is -2.33. The first-order valence-corrected chi connectivity index (χ1v) is 14.5. The fraction of sp³-hybridized carbons (Fsp3) is 0.259. The summed E-state index contributed by atoms with van der Waals surface area (Å²) in [4.78, 5) is 27.9. The van der Waals surface area contributed by atoms with Gasteiger partial charge in [0.25, 0.3) is 10.0 Å². The molecular formula is C27H28Cl3N3O5S. The number of benzene rings is 3. The maximum absolute atomic E-state index is 13.9. The summed E-state index contributed by atoms with van der Waals surface area (Å²) in [7, 11) is -1.29. The third-order valence-electron chi connectivity index (χ3n) is 5.99. The number of likely N-dealkylation sites (N-methyl/N-ethyl adjacent to an activating group) is 1. The van der Waals surface area contributed by atoms with E-state index in [1.165, 1.54) is 49.4 Å². The number of sulfonamides is 1. The molecule has 0 saturated heterocycles. The molecule has 2 amide bonds. The Morgan fingerprint density at radius 3 is 2.23 bits per heavy atom. The molecule has 0 saturated carbocycles. The zero-order valence-corrected chi connectivity index (χ0v) is 24.6. The lowest BCUT2D eigenvalue weighted by molar-refractivity contribution is -0.140. The van der Waals surface area contributed by atoms with Crippen molar-refractivity contribution in [3.8, 4) is 5.75 Å². The van der Waals surface area contributed by atoms with Crippen molar-refractivity contribution < 1.29 is 22.7 Å². The van der Waals surface area contributed by atoms with E-state index in [-0.39, 0.29) is 28.6 Å². The zero-order valence-electron chi connectivity index (χ0n) is 21.5. The van der Waals surface area contributed by atoms with Crippen LogP contribution in [0.2, 0.25) is 15.1 Å². The minimum Gasteiger partial charge on any atom is -0.497 e. The van der Waals surface area contributed by atoms with Crippen LogP contribution >= 0.6 is 34.8 Å². The first-order chi connectivity index (χ1) is 18.5. The number of ether oxygens (including phenoxy) is 1. The number of carbonyl (C=O) groups excluding carboxylic acids is 2. The van der Waals surface area contributed by atoms with E-state index in [4.69, 9.17) is 39.5 Å². The summed E-state index contributed by atoms with van der Waals surface area (Å²) >= 11 is 18.4. The highest BCUT2D eigenvalue weighted by Gasteiger charge is 2.33. The average Bonchev–Trinajstić information content (AvgIpc) is 2.93. The molecule has 1 N–H and O–H groups in total. The van der Waals surface area contributed by atoms with Crippen LogP contribution in [-0.4, -0.2) is 51.9 Å². The number of carbonyl (C=O) groups is 2. The molecule has 3 aromatic rings. The van der Waals surface area contributed by atoms with Crippen LogP contribution in [0.15, 0.2) is 71.6 Å². The summed E-state index contributed by atoms with van der Waals surface area (Å²) in [6.07, 6.45) is 0.287. The number of nitrogens with one attached hydrogen (secondary N) is 1. The SMILES string of the molecule is CC[C@@H](C(=O)NC)N(Cc1ccc(Cl)c(Cl)c1)C(=O)CN(c1cccc(Cl)c1)S(=O)(=O)c1ccc(OC)cc1. The van der Waals surface area contributed by atoms with Crippen LogP contribution in [0.3, 0.4) is 0 Å². The summed E-state index contributed by atoms with van der Waals surface area (Å²) < 4.78 is 33.8. The van der Waals surface area contributed by atoms with E-state index in [0.29, 0.717) is 21.4 Å². The molecule has 0 unspecified atom stereocenters. The number of halogens is 3. The number of nitrogens with zero attached hydrogens (tertiary/aromatic N) is 2. The van der Waals surface area contributed by atoms with E-state index in [2.05, 4.69) is 5.32 Å². The quantitative estimate of drug-likeness (QED) is 0.313. The van der Waals surface area contributed by atoms with Crippen LogP contribution < -0.4 is 14.4 Å². The van der Waals surface area contributed by atoms with Gasteiger partial charge in [0.1, 0.15) is 18.3 Å². The third kappa shape index (κ3) is 7.36. The minimum atomic E-state index is -4.24. The molecule has 0 radical (unpaired) electrons. The molecule has 0 aliphatic carbocycles. The van der Waals surface area contributed by atoms with Crippen molar-refractivity contribution in [1.82, 2.24) is 10.2 Å². The number of rotatable bonds is 11. The highest BCUT2D eigenvalue weighted by molar-refractivity contribution is 7.92. The van der Waals surface area contributed by atoms with Crippen molar-refractivity contribution in [2.75, 3.05) is 25.0 Å². The van der Waals surface area contributed by atoms with E-state index in [1.54, 1.807) is 43.3 Å². The van der Waals surface area contributed by atoms with Gasteiger partial charge in [-0.25, -0.2) is 8.42 Å². The third-order valence-corrected chi connectivity index (χ3v) is 8.75. The summed E-state index contributed by atoms with van der Waals surface area (Å²) in [5.41, 5.74) is 0.807. The van der Waals surface area contributed by atoms with Gasteiger partial charge in [-0.3, -0.25) is 13.9 Å². The van der Waals surface area contributed by atoms with Gasteiger partial charge in [-0.1, -0.05) is 53.9 Å². The van der Waals surface area contributed by atoms with Gasteiger partial charge in [0, 0.05) is 18.6 Å². The Morgan fingerprint density at radius 1 is 0.974 bits per heavy atom. The number of methoxy groups -OCH3 is 1. The van der Waals surface area contributed by atoms with Gasteiger partial charge in [-0.2, -0.15) is 0 Å². The average molecular weight is 613 g/mol. The summed E-state index contributed by atoms with van der Waals surface area (Å²) in [6, 6.07) is 16.0. The molecule has 8 nitrogen and oxygen atoms in total. The van der Waals surface area contributed by atoms with Crippen LogP contribution in [0.4, 0.5) is 5.69 Å². The van der Waals surface area contributed by atoms with Crippen LogP contribution in [-0.2, 0) is 26.2 Å². The van der Waals surface area contributed by atoms with E-state index >= 15 is 0 Å². The van der Waals surface area contributed by atoms with Crippen molar-refractivity contribution in [3.05, 3.63) is 87.4 Å². The molecule has 0 bridgehead atoms. The molecular weight excluding hydrogens is 585 g/mol. The molecule has 0 aromatic heterocycles. The highest BCUT2D eigenvalue weighted by Crippen LogP contribution is 2.28. The Morgan fingerprint density at radius 2 is 1.67 bits per heavy atom. The van der Waals surface area contributed by atoms with E-state index in [9.17, 15) is 18.0 Å². The molecule has 0 spiro atoms. The molecule has 0 aliphatic rings. The number of amides is 2. The number of hydrogen-bond donors (Lipinski definition) is 1. The molecule has 1 atom stereocenters. The van der Waals surface area contributed by atoms with Crippen LogP contribution in [0.1, 0.15) is 18.9 Å². The molecule has 3 rings (SSSR count). The van der Waals surface area contributed by atoms with Gasteiger partial charge in [-0.15, -0.1) is 0 Å². The van der Waals surface area contributed by atoms with Gasteiger partial charge in [0.15, 0.2) is 0 Å². The van der Waals surface area contributed by atoms with Gasteiger partial charge in [0.2, 0.25) is 11.8 Å². The first kappa shape index (κ1) is 30.6. The Balaban J connectivity index is 2.07. The standard InChI is InChI=1S/C27H28Cl3N3O5S/c1-4-25(27(35)31-2)32(16-18-8-13-23(29)24(30)14-18)26(34)17-33(20-7-5-6-19(28)15-20)39(36,37)22-11-9-21(38-3)10-12-22/h5-15,25H,4,16-17H2,1-3H3,(H,31,35)/t25-/m0/s1. The van der Waals surface area contributed by atoms with Crippen molar-refractivity contribution >= 4 is 62.3 Å². The Labute approximate surface area is 243 Å². The minimum absolute atomic E-state index is 0.00633. The molecule has 0 fully saturated rings. The maximum atomic E-state index is 13.9. The van der Waals surface area contributed by atoms with Crippen molar-refractivity contribution in [1.29, 1.82) is 0 Å². The van der Waals surface area contributed by atoms with Gasteiger partial charge in [-0.05, 0) is 66.6 Å². The Kier molecular flexibility index (Phi) is 10.5. The predicted molar refractivity (Wildman–Crippen MR) is 154 cm³/mol. The molecule has 3 aromatic carbocycles. The summed E-state index contributed by atoms with van der Waals surface area (Å²) in [5.74, 6) is -0.518. The fourth-order valence-electron chi connectivity index (χ4n) is 3.96. The van der Waals surface area contributed by atoms with E-state index in [0.717, 1.165) is 4.31 Å². The maximum Gasteiger partial charge on any atom is 0.264 e. The Hall–Kier alpha value is -2.98. The van der Waals surface area contributed by atoms with Crippen molar-refractivity contribution in [2.45, 2.75) is 30.8 Å². The topological polar surface area (TPSA) is 96.0 Å². The van der Waals surface area contributed by atoms with Crippen LogP contribution in [0.25, 0.3) is 0 Å². The second-order valence-corrected chi connectivity index (χ2v) is 11.6. The molecule has 208 valence electrons.